The molecule has 2 aromatic rings. The summed E-state index contributed by atoms with van der Waals surface area (Å²) in [6.45, 7) is 5.75. The maximum Gasteiger partial charge on any atom is 0.338 e. The SMILES string of the molecule is CCOC(=O)c1cccc(NC(=O)C(C)Sc2ccccc2)c1C. The fourth-order valence-corrected chi connectivity index (χ4v) is 3.08. The molecule has 126 valence electrons. The molecule has 1 unspecified atom stereocenters. The van der Waals surface area contributed by atoms with Gasteiger partial charge in [0.2, 0.25) is 5.91 Å². The van der Waals surface area contributed by atoms with Gasteiger partial charge in [0, 0.05) is 10.6 Å². The van der Waals surface area contributed by atoms with Crippen LogP contribution in [0.15, 0.2) is 53.4 Å². The third kappa shape index (κ3) is 4.61. The van der Waals surface area contributed by atoms with Crippen LogP contribution in [0.4, 0.5) is 5.69 Å². The van der Waals surface area contributed by atoms with Crippen molar-refractivity contribution in [1.82, 2.24) is 0 Å². The van der Waals surface area contributed by atoms with Crippen LogP contribution in [0.3, 0.4) is 0 Å². The van der Waals surface area contributed by atoms with Crippen LogP contribution in [0.1, 0.15) is 29.8 Å². The van der Waals surface area contributed by atoms with Gasteiger partial charge in [0.25, 0.3) is 0 Å². The number of thioether (sulfide) groups is 1. The Hall–Kier alpha value is -2.27. The Morgan fingerprint density at radius 3 is 2.50 bits per heavy atom. The molecule has 0 fully saturated rings. The van der Waals surface area contributed by atoms with Gasteiger partial charge in [-0.3, -0.25) is 4.79 Å². The van der Waals surface area contributed by atoms with E-state index in [9.17, 15) is 9.59 Å². The third-order valence-electron chi connectivity index (χ3n) is 3.51. The van der Waals surface area contributed by atoms with Gasteiger partial charge in [-0.1, -0.05) is 24.3 Å². The first-order chi connectivity index (χ1) is 11.5. The number of hydrogen-bond donors (Lipinski definition) is 1. The van der Waals surface area contributed by atoms with Crippen LogP contribution in [-0.2, 0) is 9.53 Å². The van der Waals surface area contributed by atoms with Crippen molar-refractivity contribution in [2.24, 2.45) is 0 Å². The van der Waals surface area contributed by atoms with Crippen LogP contribution >= 0.6 is 11.8 Å². The fraction of sp³-hybridized carbons (Fsp3) is 0.263. The Balaban J connectivity index is 2.08. The molecule has 0 aromatic heterocycles. The molecular formula is C19H21NO3S. The van der Waals surface area contributed by atoms with Crippen molar-refractivity contribution < 1.29 is 14.3 Å². The smallest absolute Gasteiger partial charge is 0.338 e. The van der Waals surface area contributed by atoms with E-state index in [1.807, 2.05) is 37.3 Å². The molecule has 0 saturated carbocycles. The molecule has 24 heavy (non-hydrogen) atoms. The highest BCUT2D eigenvalue weighted by Gasteiger charge is 2.18. The van der Waals surface area contributed by atoms with Crippen molar-refractivity contribution >= 4 is 29.3 Å². The minimum Gasteiger partial charge on any atom is -0.462 e. The number of esters is 1. The fourth-order valence-electron chi connectivity index (χ4n) is 2.19. The maximum atomic E-state index is 12.4. The molecule has 0 heterocycles. The topological polar surface area (TPSA) is 55.4 Å². The number of amides is 1. The largest absolute Gasteiger partial charge is 0.462 e. The van der Waals surface area contributed by atoms with E-state index in [1.165, 1.54) is 11.8 Å². The quantitative estimate of drug-likeness (QED) is 0.628. The van der Waals surface area contributed by atoms with Crippen LogP contribution in [0.5, 0.6) is 0 Å². The lowest BCUT2D eigenvalue weighted by atomic mass is 10.1. The summed E-state index contributed by atoms with van der Waals surface area (Å²) in [4.78, 5) is 25.4. The van der Waals surface area contributed by atoms with Crippen LogP contribution in [0.2, 0.25) is 0 Å². The van der Waals surface area contributed by atoms with Crippen LogP contribution in [-0.4, -0.2) is 23.7 Å². The molecule has 1 N–H and O–H groups in total. The average Bonchev–Trinajstić information content (AvgIpc) is 2.57. The summed E-state index contributed by atoms with van der Waals surface area (Å²) in [6.07, 6.45) is 0. The Morgan fingerprint density at radius 1 is 1.12 bits per heavy atom. The number of hydrogen-bond acceptors (Lipinski definition) is 4. The monoisotopic (exact) mass is 343 g/mol. The summed E-state index contributed by atoms with van der Waals surface area (Å²) >= 11 is 1.49. The molecule has 0 bridgehead atoms. The highest BCUT2D eigenvalue weighted by Crippen LogP contribution is 2.25. The van der Waals surface area contributed by atoms with Crippen LogP contribution in [0, 0.1) is 6.92 Å². The van der Waals surface area contributed by atoms with E-state index in [-0.39, 0.29) is 17.1 Å². The van der Waals surface area contributed by atoms with Crippen molar-refractivity contribution in [3.63, 3.8) is 0 Å². The van der Waals surface area contributed by atoms with E-state index in [2.05, 4.69) is 5.32 Å². The van der Waals surface area contributed by atoms with Gasteiger partial charge in [-0.05, 0) is 50.6 Å². The lowest BCUT2D eigenvalue weighted by Gasteiger charge is -2.15. The zero-order valence-corrected chi connectivity index (χ0v) is 14.9. The van der Waals surface area contributed by atoms with Crippen molar-refractivity contribution in [3.8, 4) is 0 Å². The summed E-state index contributed by atoms with van der Waals surface area (Å²) in [7, 11) is 0. The molecule has 2 rings (SSSR count). The molecule has 1 amide bonds. The molecule has 0 spiro atoms. The predicted molar refractivity (Wildman–Crippen MR) is 97.5 cm³/mol. The second-order valence-electron chi connectivity index (χ2n) is 5.26. The number of carbonyl (C=O) groups excluding carboxylic acids is 2. The standard InChI is InChI=1S/C19H21NO3S/c1-4-23-19(22)16-11-8-12-17(13(16)2)20-18(21)14(3)24-15-9-6-5-7-10-15/h5-12,14H,4H2,1-3H3,(H,20,21). The van der Waals surface area contributed by atoms with Gasteiger partial charge in [0.15, 0.2) is 0 Å². The Bertz CT molecular complexity index is 716. The summed E-state index contributed by atoms with van der Waals surface area (Å²) in [5.74, 6) is -0.481. The van der Waals surface area contributed by atoms with E-state index < -0.39 is 0 Å². The minimum absolute atomic E-state index is 0.104. The van der Waals surface area contributed by atoms with Gasteiger partial charge in [0.05, 0.1) is 17.4 Å². The number of benzene rings is 2. The third-order valence-corrected chi connectivity index (χ3v) is 4.62. The predicted octanol–water partition coefficient (Wildman–Crippen LogP) is 4.29. The van der Waals surface area contributed by atoms with Crippen LogP contribution < -0.4 is 5.32 Å². The Morgan fingerprint density at radius 2 is 1.83 bits per heavy atom. The zero-order valence-electron chi connectivity index (χ0n) is 14.0. The van der Waals surface area contributed by atoms with Gasteiger partial charge in [0.1, 0.15) is 0 Å². The van der Waals surface area contributed by atoms with Gasteiger partial charge in [-0.25, -0.2) is 4.79 Å². The van der Waals surface area contributed by atoms with E-state index in [0.29, 0.717) is 23.4 Å². The first kappa shape index (κ1) is 18.1. The van der Waals surface area contributed by atoms with Crippen molar-refractivity contribution in [1.29, 1.82) is 0 Å². The van der Waals surface area contributed by atoms with E-state index >= 15 is 0 Å². The average molecular weight is 343 g/mol. The molecule has 0 aliphatic rings. The summed E-state index contributed by atoms with van der Waals surface area (Å²) in [5, 5.41) is 2.65. The number of ether oxygens (including phenoxy) is 1. The molecule has 1 atom stereocenters. The second kappa shape index (κ2) is 8.55. The van der Waals surface area contributed by atoms with Crippen molar-refractivity contribution in [3.05, 3.63) is 59.7 Å². The molecule has 0 radical (unpaired) electrons. The molecule has 4 nitrogen and oxygen atoms in total. The number of carbonyl (C=O) groups is 2. The molecular weight excluding hydrogens is 322 g/mol. The summed E-state index contributed by atoms with van der Waals surface area (Å²) < 4.78 is 5.04. The Labute approximate surface area is 146 Å². The summed E-state index contributed by atoms with van der Waals surface area (Å²) in [6, 6.07) is 15.0. The van der Waals surface area contributed by atoms with Crippen molar-refractivity contribution in [2.45, 2.75) is 30.9 Å². The molecule has 0 saturated heterocycles. The first-order valence-corrected chi connectivity index (χ1v) is 8.70. The first-order valence-electron chi connectivity index (χ1n) is 7.82. The molecule has 0 aliphatic heterocycles. The molecule has 5 heteroatoms. The second-order valence-corrected chi connectivity index (χ2v) is 6.68. The normalized spacial score (nSPS) is 11.6. The minimum atomic E-state index is -0.377. The van der Waals surface area contributed by atoms with Crippen LogP contribution in [0.25, 0.3) is 0 Å². The zero-order chi connectivity index (χ0) is 17.5. The maximum absolute atomic E-state index is 12.4. The number of anilines is 1. The van der Waals surface area contributed by atoms with Crippen molar-refractivity contribution in [2.75, 3.05) is 11.9 Å². The van der Waals surface area contributed by atoms with Gasteiger partial charge < -0.3 is 10.1 Å². The number of rotatable bonds is 6. The summed E-state index contributed by atoms with van der Waals surface area (Å²) in [5.41, 5.74) is 1.81. The number of nitrogens with one attached hydrogen (secondary N) is 1. The van der Waals surface area contributed by atoms with Gasteiger partial charge in [-0.15, -0.1) is 11.8 Å². The van der Waals surface area contributed by atoms with Gasteiger partial charge >= 0.3 is 5.97 Å². The highest BCUT2D eigenvalue weighted by molar-refractivity contribution is 8.00. The van der Waals surface area contributed by atoms with E-state index in [0.717, 1.165) is 4.90 Å². The lowest BCUT2D eigenvalue weighted by Crippen LogP contribution is -2.23. The van der Waals surface area contributed by atoms with Gasteiger partial charge in [-0.2, -0.15) is 0 Å². The Kier molecular flexibility index (Phi) is 6.44. The highest BCUT2D eigenvalue weighted by atomic mass is 32.2. The molecule has 2 aromatic carbocycles. The van der Waals surface area contributed by atoms with E-state index in [1.54, 1.807) is 32.0 Å². The molecule has 0 aliphatic carbocycles. The van der Waals surface area contributed by atoms with E-state index in [4.69, 9.17) is 4.74 Å². The lowest BCUT2D eigenvalue weighted by molar-refractivity contribution is -0.115.